The Labute approximate surface area is 137 Å². The quantitative estimate of drug-likeness (QED) is 0.834. The molecule has 6 heteroatoms. The first-order chi connectivity index (χ1) is 11.1. The second-order valence-electron chi connectivity index (χ2n) is 6.63. The lowest BCUT2D eigenvalue weighted by atomic mass is 10.2. The van der Waals surface area contributed by atoms with E-state index in [2.05, 4.69) is 38.2 Å². The molecule has 1 aliphatic heterocycles. The van der Waals surface area contributed by atoms with Crippen LogP contribution in [-0.4, -0.2) is 88.7 Å². The molecule has 2 aromatic rings. The van der Waals surface area contributed by atoms with Crippen LogP contribution in [0.5, 0.6) is 0 Å². The van der Waals surface area contributed by atoms with Crippen molar-refractivity contribution in [2.24, 2.45) is 0 Å². The van der Waals surface area contributed by atoms with E-state index in [1.165, 1.54) is 0 Å². The third-order valence-corrected chi connectivity index (χ3v) is 4.51. The lowest BCUT2D eigenvalue weighted by Gasteiger charge is -2.34. The summed E-state index contributed by atoms with van der Waals surface area (Å²) < 4.78 is 2.10. The Kier molecular flexibility index (Phi) is 5.27. The Morgan fingerprint density at radius 3 is 2.83 bits per heavy atom. The van der Waals surface area contributed by atoms with E-state index in [4.69, 9.17) is 0 Å². The number of nitrogens with zero attached hydrogens (tertiary/aromatic N) is 5. The SMILES string of the molecule is CN1CCN(CC(O)CN(C)Cc2cnc3ccccn23)CC1. The average Bonchev–Trinajstić information content (AvgIpc) is 2.93. The zero-order valence-electron chi connectivity index (χ0n) is 14.1. The van der Waals surface area contributed by atoms with E-state index in [-0.39, 0.29) is 6.10 Å². The molecule has 0 saturated carbocycles. The summed E-state index contributed by atoms with van der Waals surface area (Å²) in [5.41, 5.74) is 2.11. The molecule has 3 rings (SSSR count). The van der Waals surface area contributed by atoms with Crippen molar-refractivity contribution in [1.82, 2.24) is 24.1 Å². The number of imidazole rings is 1. The number of β-amino-alcohol motifs (C(OH)–C–C–N with tert-alkyl or cyclic N) is 1. The molecule has 1 N–H and O–H groups in total. The van der Waals surface area contributed by atoms with Crippen molar-refractivity contribution >= 4 is 5.65 Å². The van der Waals surface area contributed by atoms with E-state index in [1.807, 2.05) is 30.6 Å². The molecule has 1 unspecified atom stereocenters. The van der Waals surface area contributed by atoms with Gasteiger partial charge < -0.3 is 14.4 Å². The van der Waals surface area contributed by atoms with E-state index in [0.29, 0.717) is 6.54 Å². The number of pyridine rings is 1. The van der Waals surface area contributed by atoms with Gasteiger partial charge in [0.1, 0.15) is 5.65 Å². The molecule has 0 spiro atoms. The number of piperazine rings is 1. The van der Waals surface area contributed by atoms with Gasteiger partial charge in [-0.1, -0.05) is 6.07 Å². The topological polar surface area (TPSA) is 47.2 Å². The number of hydrogen-bond acceptors (Lipinski definition) is 5. The highest BCUT2D eigenvalue weighted by atomic mass is 16.3. The number of likely N-dealkylation sites (N-methyl/N-ethyl adjacent to an activating group) is 2. The van der Waals surface area contributed by atoms with Gasteiger partial charge in [-0.15, -0.1) is 0 Å². The lowest BCUT2D eigenvalue weighted by Crippen LogP contribution is -2.48. The van der Waals surface area contributed by atoms with Gasteiger partial charge >= 0.3 is 0 Å². The number of aliphatic hydroxyl groups is 1. The maximum atomic E-state index is 10.4. The standard InChI is InChI=1S/C17H27N5O/c1-19-7-9-21(10-8-19)14-16(23)13-20(2)12-15-11-18-17-5-3-4-6-22(15)17/h3-6,11,16,23H,7-10,12-14H2,1-2H3. The van der Waals surface area contributed by atoms with Crippen molar-refractivity contribution in [2.45, 2.75) is 12.6 Å². The Bertz CT molecular complexity index is 620. The van der Waals surface area contributed by atoms with Crippen LogP contribution in [0, 0.1) is 0 Å². The second-order valence-corrected chi connectivity index (χ2v) is 6.63. The monoisotopic (exact) mass is 317 g/mol. The van der Waals surface area contributed by atoms with Crippen LogP contribution in [0.2, 0.25) is 0 Å². The normalized spacial score (nSPS) is 18.8. The predicted octanol–water partition coefficient (Wildman–Crippen LogP) is 0.374. The van der Waals surface area contributed by atoms with Crippen molar-refractivity contribution in [2.75, 3.05) is 53.4 Å². The molecule has 0 amide bonds. The molecule has 1 atom stereocenters. The zero-order valence-corrected chi connectivity index (χ0v) is 14.1. The Morgan fingerprint density at radius 2 is 2.04 bits per heavy atom. The summed E-state index contributed by atoms with van der Waals surface area (Å²) in [5.74, 6) is 0. The molecule has 2 aromatic heterocycles. The highest BCUT2D eigenvalue weighted by Crippen LogP contribution is 2.09. The van der Waals surface area contributed by atoms with Crippen LogP contribution < -0.4 is 0 Å². The fourth-order valence-corrected chi connectivity index (χ4v) is 3.19. The number of rotatable bonds is 6. The van der Waals surface area contributed by atoms with Gasteiger partial charge in [-0.25, -0.2) is 4.98 Å². The van der Waals surface area contributed by atoms with Gasteiger partial charge in [0.2, 0.25) is 0 Å². The number of aromatic nitrogens is 2. The highest BCUT2D eigenvalue weighted by molar-refractivity contribution is 5.39. The van der Waals surface area contributed by atoms with Gasteiger partial charge in [0.25, 0.3) is 0 Å². The molecule has 1 saturated heterocycles. The molecule has 1 aliphatic rings. The van der Waals surface area contributed by atoms with E-state index in [1.54, 1.807) is 0 Å². The summed E-state index contributed by atoms with van der Waals surface area (Å²) in [6.07, 6.45) is 3.63. The summed E-state index contributed by atoms with van der Waals surface area (Å²) in [6.45, 7) is 6.48. The van der Waals surface area contributed by atoms with Crippen LogP contribution in [0.15, 0.2) is 30.6 Å². The first kappa shape index (κ1) is 16.4. The Hall–Kier alpha value is -1.47. The molecule has 0 aromatic carbocycles. The van der Waals surface area contributed by atoms with Gasteiger partial charge in [-0.3, -0.25) is 9.80 Å². The third-order valence-electron chi connectivity index (χ3n) is 4.51. The largest absolute Gasteiger partial charge is 0.390 e. The van der Waals surface area contributed by atoms with E-state index < -0.39 is 0 Å². The van der Waals surface area contributed by atoms with Crippen molar-refractivity contribution < 1.29 is 5.11 Å². The first-order valence-electron chi connectivity index (χ1n) is 8.30. The minimum atomic E-state index is -0.317. The minimum absolute atomic E-state index is 0.317. The van der Waals surface area contributed by atoms with Crippen LogP contribution in [-0.2, 0) is 6.54 Å². The van der Waals surface area contributed by atoms with Crippen LogP contribution in [0.4, 0.5) is 0 Å². The smallest absolute Gasteiger partial charge is 0.136 e. The zero-order chi connectivity index (χ0) is 16.2. The van der Waals surface area contributed by atoms with Crippen molar-refractivity contribution in [3.63, 3.8) is 0 Å². The summed E-state index contributed by atoms with van der Waals surface area (Å²) >= 11 is 0. The van der Waals surface area contributed by atoms with Crippen molar-refractivity contribution in [3.8, 4) is 0 Å². The summed E-state index contributed by atoms with van der Waals surface area (Å²) in [7, 11) is 4.20. The molecule has 0 radical (unpaired) electrons. The fraction of sp³-hybridized carbons (Fsp3) is 0.588. The first-order valence-corrected chi connectivity index (χ1v) is 8.30. The Balaban J connectivity index is 1.49. The Morgan fingerprint density at radius 1 is 1.26 bits per heavy atom. The molecule has 0 bridgehead atoms. The highest BCUT2D eigenvalue weighted by Gasteiger charge is 2.18. The van der Waals surface area contributed by atoms with E-state index in [9.17, 15) is 5.11 Å². The van der Waals surface area contributed by atoms with Gasteiger partial charge in [0.05, 0.1) is 18.0 Å². The molecule has 1 fully saturated rings. The maximum absolute atomic E-state index is 10.4. The summed E-state index contributed by atoms with van der Waals surface area (Å²) in [6, 6.07) is 6.02. The molecule has 23 heavy (non-hydrogen) atoms. The second kappa shape index (κ2) is 7.40. The van der Waals surface area contributed by atoms with Gasteiger partial charge in [-0.2, -0.15) is 0 Å². The van der Waals surface area contributed by atoms with Crippen LogP contribution >= 0.6 is 0 Å². The fourth-order valence-electron chi connectivity index (χ4n) is 3.19. The molecule has 3 heterocycles. The molecular weight excluding hydrogens is 290 g/mol. The molecule has 6 nitrogen and oxygen atoms in total. The number of fused-ring (bicyclic) bond motifs is 1. The third kappa shape index (κ3) is 4.29. The molecule has 126 valence electrons. The number of hydrogen-bond donors (Lipinski definition) is 1. The van der Waals surface area contributed by atoms with Gasteiger partial charge in [0.15, 0.2) is 0 Å². The van der Waals surface area contributed by atoms with Crippen molar-refractivity contribution in [3.05, 3.63) is 36.3 Å². The van der Waals surface area contributed by atoms with Crippen molar-refractivity contribution in [1.29, 1.82) is 0 Å². The number of aliphatic hydroxyl groups excluding tert-OH is 1. The van der Waals surface area contributed by atoms with E-state index in [0.717, 1.165) is 50.6 Å². The van der Waals surface area contributed by atoms with Gasteiger partial charge in [-0.05, 0) is 26.2 Å². The minimum Gasteiger partial charge on any atom is -0.390 e. The lowest BCUT2D eigenvalue weighted by molar-refractivity contribution is 0.0591. The van der Waals surface area contributed by atoms with Crippen LogP contribution in [0.25, 0.3) is 5.65 Å². The summed E-state index contributed by atoms with van der Waals surface area (Å²) in [4.78, 5) is 11.3. The molecule has 0 aliphatic carbocycles. The average molecular weight is 317 g/mol. The molecular formula is C17H27N5O. The predicted molar refractivity (Wildman–Crippen MR) is 91.5 cm³/mol. The van der Waals surface area contributed by atoms with E-state index >= 15 is 0 Å². The maximum Gasteiger partial charge on any atom is 0.136 e. The summed E-state index contributed by atoms with van der Waals surface area (Å²) in [5, 5.41) is 10.4. The van der Waals surface area contributed by atoms with Crippen LogP contribution in [0.3, 0.4) is 0 Å². The van der Waals surface area contributed by atoms with Gasteiger partial charge in [0, 0.05) is 52.0 Å². The van der Waals surface area contributed by atoms with Crippen LogP contribution in [0.1, 0.15) is 5.69 Å².